The van der Waals surface area contributed by atoms with E-state index in [1.807, 2.05) is 6.07 Å². The second-order valence-corrected chi connectivity index (χ2v) is 7.81. The molecule has 2 aromatic heterocycles. The van der Waals surface area contributed by atoms with E-state index in [4.69, 9.17) is 9.47 Å². The molecule has 0 atom stereocenters. The molecule has 0 saturated carbocycles. The van der Waals surface area contributed by atoms with Gasteiger partial charge in [0.05, 0.1) is 18.1 Å². The molecule has 32 heavy (non-hydrogen) atoms. The first-order chi connectivity index (χ1) is 15.4. The van der Waals surface area contributed by atoms with Gasteiger partial charge in [-0.15, -0.1) is 0 Å². The Kier molecular flexibility index (Phi) is 6.18. The number of nitrogens with one attached hydrogen (secondary N) is 1. The monoisotopic (exact) mass is 451 g/mol. The molecule has 0 bridgehead atoms. The van der Waals surface area contributed by atoms with Gasteiger partial charge in [-0.3, -0.25) is 4.79 Å². The van der Waals surface area contributed by atoms with E-state index in [-0.39, 0.29) is 22.3 Å². The van der Waals surface area contributed by atoms with Crippen molar-refractivity contribution in [2.24, 2.45) is 0 Å². The van der Waals surface area contributed by atoms with Crippen LogP contribution in [0.5, 0.6) is 11.5 Å². The maximum absolute atomic E-state index is 14.5. The van der Waals surface area contributed by atoms with Crippen LogP contribution >= 0.6 is 11.8 Å². The van der Waals surface area contributed by atoms with Gasteiger partial charge in [0.2, 0.25) is 0 Å². The summed E-state index contributed by atoms with van der Waals surface area (Å²) in [6, 6.07) is 15.1. The summed E-state index contributed by atoms with van der Waals surface area (Å²) in [4.78, 5) is 35.9. The molecular formula is C23H18FN3O4S. The number of hydrogen-bond donors (Lipinski definition) is 1. The van der Waals surface area contributed by atoms with Crippen molar-refractivity contribution in [1.82, 2.24) is 15.0 Å². The standard InChI is InChI=1S/C23H18FN3O4S/c1-13-10-16(22(29)30-2)19-20(25-13)26-23(27-21(19)28)32-12-14-8-9-18(17(24)11-14)31-15-6-4-3-5-7-15/h3-11H,12H2,1-2H3,(H,25,26,27,28). The third-order valence-electron chi connectivity index (χ3n) is 4.53. The number of pyridine rings is 1. The largest absolute Gasteiger partial charge is 0.465 e. The van der Waals surface area contributed by atoms with Gasteiger partial charge in [0.25, 0.3) is 5.56 Å². The third-order valence-corrected chi connectivity index (χ3v) is 5.48. The lowest BCUT2D eigenvalue weighted by molar-refractivity contribution is 0.0602. The number of thioether (sulfide) groups is 1. The molecule has 7 nitrogen and oxygen atoms in total. The summed E-state index contributed by atoms with van der Waals surface area (Å²) in [6.45, 7) is 1.70. The molecule has 0 aliphatic rings. The first-order valence-electron chi connectivity index (χ1n) is 9.58. The van der Waals surface area contributed by atoms with Gasteiger partial charge in [-0.1, -0.05) is 36.0 Å². The first kappa shape index (κ1) is 21.5. The molecule has 0 radical (unpaired) electrons. The van der Waals surface area contributed by atoms with Crippen LogP contribution in [0.3, 0.4) is 0 Å². The fourth-order valence-corrected chi connectivity index (χ4v) is 3.87. The van der Waals surface area contributed by atoms with Crippen LogP contribution in [-0.2, 0) is 10.5 Å². The molecule has 1 N–H and O–H groups in total. The fraction of sp³-hybridized carbons (Fsp3) is 0.130. The highest BCUT2D eigenvalue weighted by Crippen LogP contribution is 2.27. The number of carbonyl (C=O) groups excluding carboxylic acids is 1. The minimum absolute atomic E-state index is 0.0697. The van der Waals surface area contributed by atoms with Gasteiger partial charge in [0, 0.05) is 11.4 Å². The molecule has 2 aromatic carbocycles. The molecule has 2 heterocycles. The SMILES string of the molecule is COC(=O)c1cc(C)nc2nc(SCc3ccc(Oc4ccccc4)c(F)c3)[nH]c(=O)c12. The normalized spacial score (nSPS) is 10.8. The molecule has 4 aromatic rings. The molecule has 0 spiro atoms. The van der Waals surface area contributed by atoms with Crippen LogP contribution in [0.15, 0.2) is 64.5 Å². The molecule has 0 aliphatic carbocycles. The van der Waals surface area contributed by atoms with Crippen molar-refractivity contribution in [3.63, 3.8) is 0 Å². The zero-order chi connectivity index (χ0) is 22.7. The predicted octanol–water partition coefficient (Wildman–Crippen LogP) is 4.64. The van der Waals surface area contributed by atoms with Crippen LogP contribution in [0.2, 0.25) is 0 Å². The molecule has 9 heteroatoms. The highest BCUT2D eigenvalue weighted by atomic mass is 32.2. The summed E-state index contributed by atoms with van der Waals surface area (Å²) in [5.74, 6) is -0.113. The summed E-state index contributed by atoms with van der Waals surface area (Å²) in [6.07, 6.45) is 0. The van der Waals surface area contributed by atoms with E-state index >= 15 is 0 Å². The van der Waals surface area contributed by atoms with Crippen LogP contribution in [0.4, 0.5) is 4.39 Å². The van der Waals surface area contributed by atoms with Crippen LogP contribution in [0.1, 0.15) is 21.6 Å². The van der Waals surface area contributed by atoms with Gasteiger partial charge in [-0.05, 0) is 42.8 Å². The number of nitrogens with zero attached hydrogens (tertiary/aromatic N) is 2. The van der Waals surface area contributed by atoms with E-state index in [2.05, 4.69) is 15.0 Å². The van der Waals surface area contributed by atoms with E-state index in [1.165, 1.54) is 31.0 Å². The Bertz CT molecular complexity index is 1360. The van der Waals surface area contributed by atoms with Crippen molar-refractivity contribution in [2.45, 2.75) is 17.8 Å². The number of fused-ring (bicyclic) bond motifs is 1. The summed E-state index contributed by atoms with van der Waals surface area (Å²) < 4.78 is 24.8. The Morgan fingerprint density at radius 3 is 2.62 bits per heavy atom. The van der Waals surface area contributed by atoms with Crippen LogP contribution < -0.4 is 10.3 Å². The minimum atomic E-state index is -0.638. The molecular weight excluding hydrogens is 433 g/mol. The Balaban J connectivity index is 1.55. The van der Waals surface area contributed by atoms with Gasteiger partial charge >= 0.3 is 5.97 Å². The number of H-pyrrole nitrogens is 1. The second kappa shape index (κ2) is 9.19. The maximum atomic E-state index is 14.5. The first-order valence-corrected chi connectivity index (χ1v) is 10.6. The fourth-order valence-electron chi connectivity index (χ4n) is 3.07. The average Bonchev–Trinajstić information content (AvgIpc) is 2.78. The van der Waals surface area contributed by atoms with E-state index in [1.54, 1.807) is 43.3 Å². The molecule has 0 unspecified atom stereocenters. The van der Waals surface area contributed by atoms with Gasteiger partial charge in [0.15, 0.2) is 22.4 Å². The number of aromatic amines is 1. The topological polar surface area (TPSA) is 94.2 Å². The summed E-state index contributed by atoms with van der Waals surface area (Å²) >= 11 is 1.22. The molecule has 0 amide bonds. The lowest BCUT2D eigenvalue weighted by atomic mass is 10.1. The van der Waals surface area contributed by atoms with E-state index in [0.717, 1.165) is 0 Å². The van der Waals surface area contributed by atoms with E-state index < -0.39 is 17.3 Å². The van der Waals surface area contributed by atoms with Gasteiger partial charge in [0.1, 0.15) is 5.75 Å². The van der Waals surface area contributed by atoms with Crippen LogP contribution in [0.25, 0.3) is 11.0 Å². The van der Waals surface area contributed by atoms with Gasteiger partial charge in [-0.2, -0.15) is 0 Å². The average molecular weight is 451 g/mol. The predicted molar refractivity (Wildman–Crippen MR) is 119 cm³/mol. The Morgan fingerprint density at radius 1 is 1.12 bits per heavy atom. The Hall–Kier alpha value is -3.72. The quantitative estimate of drug-likeness (QED) is 0.259. The number of benzene rings is 2. The number of carbonyl (C=O) groups is 1. The van der Waals surface area contributed by atoms with Crippen molar-refractivity contribution in [1.29, 1.82) is 0 Å². The number of hydrogen-bond acceptors (Lipinski definition) is 7. The Morgan fingerprint density at radius 2 is 1.91 bits per heavy atom. The van der Waals surface area contributed by atoms with Crippen molar-refractivity contribution >= 4 is 28.8 Å². The lowest BCUT2D eigenvalue weighted by Gasteiger charge is -2.09. The number of rotatable bonds is 6. The van der Waals surface area contributed by atoms with Crippen molar-refractivity contribution in [3.8, 4) is 11.5 Å². The zero-order valence-electron chi connectivity index (χ0n) is 17.2. The number of halogens is 1. The smallest absolute Gasteiger partial charge is 0.338 e. The van der Waals surface area contributed by atoms with Gasteiger partial charge in [-0.25, -0.2) is 19.2 Å². The van der Waals surface area contributed by atoms with Crippen molar-refractivity contribution in [2.75, 3.05) is 7.11 Å². The highest BCUT2D eigenvalue weighted by molar-refractivity contribution is 7.98. The zero-order valence-corrected chi connectivity index (χ0v) is 18.0. The summed E-state index contributed by atoms with van der Waals surface area (Å²) in [5.41, 5.74) is 0.972. The second-order valence-electron chi connectivity index (χ2n) is 6.84. The molecule has 0 fully saturated rings. The highest BCUT2D eigenvalue weighted by Gasteiger charge is 2.17. The number of aryl methyl sites for hydroxylation is 1. The summed E-state index contributed by atoms with van der Waals surface area (Å²) in [7, 11) is 1.24. The number of esters is 1. The Labute approximate surface area is 186 Å². The van der Waals surface area contributed by atoms with E-state index in [0.29, 0.717) is 27.9 Å². The number of methoxy groups -OCH3 is 1. The molecule has 0 saturated heterocycles. The minimum Gasteiger partial charge on any atom is -0.465 e. The molecule has 0 aliphatic heterocycles. The van der Waals surface area contributed by atoms with E-state index in [9.17, 15) is 14.0 Å². The number of aromatic nitrogens is 3. The summed E-state index contributed by atoms with van der Waals surface area (Å²) in [5, 5.41) is 0.377. The number of ether oxygens (including phenoxy) is 2. The maximum Gasteiger partial charge on any atom is 0.338 e. The van der Waals surface area contributed by atoms with Crippen LogP contribution in [0, 0.1) is 12.7 Å². The molecule has 162 valence electrons. The van der Waals surface area contributed by atoms with Crippen molar-refractivity contribution < 1.29 is 18.7 Å². The lowest BCUT2D eigenvalue weighted by Crippen LogP contribution is -2.16. The number of para-hydroxylation sites is 1. The van der Waals surface area contributed by atoms with Crippen LogP contribution in [-0.4, -0.2) is 28.0 Å². The van der Waals surface area contributed by atoms with Crippen molar-refractivity contribution in [3.05, 3.63) is 87.6 Å². The third kappa shape index (κ3) is 4.62. The van der Waals surface area contributed by atoms with Gasteiger partial charge < -0.3 is 14.5 Å². The molecule has 4 rings (SSSR count).